The summed E-state index contributed by atoms with van der Waals surface area (Å²) in [7, 11) is 0. The van der Waals surface area contributed by atoms with Gasteiger partial charge in [-0.25, -0.2) is 0 Å². The van der Waals surface area contributed by atoms with Gasteiger partial charge in [0.1, 0.15) is 6.10 Å². The minimum absolute atomic E-state index is 0.0214. The van der Waals surface area contributed by atoms with Gasteiger partial charge in [0.2, 0.25) is 5.91 Å². The number of hydrogen-bond donors (Lipinski definition) is 1. The highest BCUT2D eigenvalue weighted by Gasteiger charge is 2.41. The molecule has 1 heterocycles. The number of nitrogens with one attached hydrogen (secondary N) is 1. The maximum atomic E-state index is 11.0. The van der Waals surface area contributed by atoms with Gasteiger partial charge in [0.05, 0.1) is 0 Å². The van der Waals surface area contributed by atoms with Crippen molar-refractivity contribution in [1.82, 2.24) is 5.32 Å². The molecular formula is C9H13NO3. The van der Waals surface area contributed by atoms with Crippen LogP contribution < -0.4 is 5.32 Å². The topological polar surface area (TPSA) is 55.4 Å². The quantitative estimate of drug-likeness (QED) is 0.591. The van der Waals surface area contributed by atoms with E-state index in [0.29, 0.717) is 12.3 Å². The molecule has 4 heteroatoms. The first-order valence-corrected chi connectivity index (χ1v) is 4.61. The van der Waals surface area contributed by atoms with Crippen LogP contribution in [0.25, 0.3) is 0 Å². The fourth-order valence-corrected chi connectivity index (χ4v) is 2.31. The number of esters is 1. The zero-order chi connectivity index (χ0) is 9.42. The van der Waals surface area contributed by atoms with Gasteiger partial charge < -0.3 is 10.1 Å². The fraction of sp³-hybridized carbons (Fsp3) is 0.778. The van der Waals surface area contributed by atoms with Gasteiger partial charge in [-0.15, -0.1) is 0 Å². The molecule has 3 unspecified atom stereocenters. The van der Waals surface area contributed by atoms with Gasteiger partial charge in [-0.1, -0.05) is 0 Å². The second-order valence-corrected chi connectivity index (χ2v) is 3.84. The van der Waals surface area contributed by atoms with Crippen molar-refractivity contribution in [2.45, 2.75) is 38.3 Å². The lowest BCUT2D eigenvalue weighted by atomic mass is 10.0. The Morgan fingerprint density at radius 3 is 2.92 bits per heavy atom. The summed E-state index contributed by atoms with van der Waals surface area (Å²) in [6.45, 7) is 1.42. The maximum absolute atomic E-state index is 11.0. The van der Waals surface area contributed by atoms with Crippen molar-refractivity contribution in [3.63, 3.8) is 0 Å². The molecule has 0 radical (unpaired) electrons. The lowest BCUT2D eigenvalue weighted by molar-refractivity contribution is -0.146. The second kappa shape index (κ2) is 3.01. The van der Waals surface area contributed by atoms with Crippen LogP contribution in [0.2, 0.25) is 0 Å². The monoisotopic (exact) mass is 183 g/mol. The van der Waals surface area contributed by atoms with Crippen molar-refractivity contribution in [1.29, 1.82) is 0 Å². The van der Waals surface area contributed by atoms with Gasteiger partial charge >= 0.3 is 5.97 Å². The molecule has 72 valence electrons. The Bertz CT molecular complexity index is 235. The van der Waals surface area contributed by atoms with Crippen LogP contribution in [0.4, 0.5) is 0 Å². The predicted octanol–water partition coefficient (Wildman–Crippen LogP) is 0.217. The Balaban J connectivity index is 1.90. The van der Waals surface area contributed by atoms with Crippen LogP contribution in [-0.2, 0) is 14.3 Å². The molecule has 1 saturated heterocycles. The summed E-state index contributed by atoms with van der Waals surface area (Å²) in [6.07, 6.45) is 2.25. The van der Waals surface area contributed by atoms with Gasteiger partial charge in [-0.3, -0.25) is 9.59 Å². The first-order valence-electron chi connectivity index (χ1n) is 4.61. The van der Waals surface area contributed by atoms with Gasteiger partial charge in [0, 0.05) is 25.8 Å². The van der Waals surface area contributed by atoms with Crippen LogP contribution in [0.3, 0.4) is 0 Å². The van der Waals surface area contributed by atoms with E-state index >= 15 is 0 Å². The van der Waals surface area contributed by atoms with Crippen LogP contribution in [0.1, 0.15) is 26.2 Å². The van der Waals surface area contributed by atoms with Crippen molar-refractivity contribution < 1.29 is 14.3 Å². The van der Waals surface area contributed by atoms with E-state index in [4.69, 9.17) is 4.74 Å². The summed E-state index contributed by atoms with van der Waals surface area (Å²) in [5, 5.41) is 2.89. The van der Waals surface area contributed by atoms with Crippen molar-refractivity contribution in [3.8, 4) is 0 Å². The van der Waals surface area contributed by atoms with Gasteiger partial charge in [-0.2, -0.15) is 0 Å². The highest BCUT2D eigenvalue weighted by Crippen LogP contribution is 2.34. The molecule has 1 aliphatic carbocycles. The number of carbonyl (C=O) groups is 2. The summed E-state index contributed by atoms with van der Waals surface area (Å²) in [4.78, 5) is 21.6. The Morgan fingerprint density at radius 2 is 2.31 bits per heavy atom. The highest BCUT2D eigenvalue weighted by atomic mass is 16.5. The fourth-order valence-electron chi connectivity index (χ4n) is 2.31. The summed E-state index contributed by atoms with van der Waals surface area (Å²) in [5.74, 6) is 0.296. The van der Waals surface area contributed by atoms with E-state index in [1.165, 1.54) is 6.92 Å². The van der Waals surface area contributed by atoms with Gasteiger partial charge in [0.15, 0.2) is 0 Å². The average Bonchev–Trinajstić information content (AvgIpc) is 2.41. The Morgan fingerprint density at radius 1 is 1.54 bits per heavy atom. The molecular weight excluding hydrogens is 170 g/mol. The third-order valence-corrected chi connectivity index (χ3v) is 2.78. The Hall–Kier alpha value is -1.06. The third kappa shape index (κ3) is 1.66. The maximum Gasteiger partial charge on any atom is 0.302 e. The molecule has 13 heavy (non-hydrogen) atoms. The molecule has 4 nitrogen and oxygen atoms in total. The number of fused-ring (bicyclic) bond motifs is 1. The minimum atomic E-state index is -0.226. The zero-order valence-electron chi connectivity index (χ0n) is 7.58. The summed E-state index contributed by atoms with van der Waals surface area (Å²) >= 11 is 0. The lowest BCUT2D eigenvalue weighted by Gasteiger charge is -2.10. The standard InChI is InChI=1S/C9H13NO3/c1-5(11)13-7-2-6-3-9(12)10-8(6)4-7/h6-8H,2-4H2,1H3,(H,10,12). The lowest BCUT2D eigenvalue weighted by Crippen LogP contribution is -2.27. The van der Waals surface area contributed by atoms with E-state index in [2.05, 4.69) is 5.32 Å². The van der Waals surface area contributed by atoms with E-state index in [0.717, 1.165) is 12.8 Å². The molecule has 2 fully saturated rings. The van der Waals surface area contributed by atoms with Crippen molar-refractivity contribution in [2.24, 2.45) is 5.92 Å². The smallest absolute Gasteiger partial charge is 0.302 e. The van der Waals surface area contributed by atoms with E-state index in [9.17, 15) is 9.59 Å². The number of carbonyl (C=O) groups excluding carboxylic acids is 2. The van der Waals surface area contributed by atoms with E-state index in [-0.39, 0.29) is 24.0 Å². The second-order valence-electron chi connectivity index (χ2n) is 3.84. The first kappa shape index (κ1) is 8.53. The molecule has 1 amide bonds. The van der Waals surface area contributed by atoms with E-state index in [1.807, 2.05) is 0 Å². The molecule has 1 saturated carbocycles. The number of ether oxygens (including phenoxy) is 1. The van der Waals surface area contributed by atoms with Crippen LogP contribution in [0.5, 0.6) is 0 Å². The van der Waals surface area contributed by atoms with Crippen LogP contribution in [-0.4, -0.2) is 24.0 Å². The summed E-state index contributed by atoms with van der Waals surface area (Å²) in [6, 6.07) is 0.247. The van der Waals surface area contributed by atoms with E-state index < -0.39 is 0 Å². The largest absolute Gasteiger partial charge is 0.462 e. The Kier molecular flexibility index (Phi) is 1.98. The number of amides is 1. The highest BCUT2D eigenvalue weighted by molar-refractivity contribution is 5.79. The number of hydrogen-bond acceptors (Lipinski definition) is 3. The Labute approximate surface area is 76.6 Å². The molecule has 1 N–H and O–H groups in total. The molecule has 1 aliphatic heterocycles. The molecule has 2 aliphatic rings. The van der Waals surface area contributed by atoms with Crippen LogP contribution in [0.15, 0.2) is 0 Å². The molecule has 2 rings (SSSR count). The first-order chi connectivity index (χ1) is 6.15. The SMILES string of the molecule is CC(=O)OC1CC2CC(=O)NC2C1. The van der Waals surface area contributed by atoms with Gasteiger partial charge in [-0.05, 0) is 12.3 Å². The van der Waals surface area contributed by atoms with Crippen molar-refractivity contribution in [3.05, 3.63) is 0 Å². The minimum Gasteiger partial charge on any atom is -0.462 e. The predicted molar refractivity (Wildman–Crippen MR) is 44.8 cm³/mol. The third-order valence-electron chi connectivity index (χ3n) is 2.78. The average molecular weight is 183 g/mol. The van der Waals surface area contributed by atoms with Crippen molar-refractivity contribution in [2.75, 3.05) is 0 Å². The van der Waals surface area contributed by atoms with Gasteiger partial charge in [0.25, 0.3) is 0 Å². The summed E-state index contributed by atoms with van der Waals surface area (Å²) < 4.78 is 5.09. The molecule has 0 bridgehead atoms. The number of rotatable bonds is 1. The molecule has 3 atom stereocenters. The molecule has 0 aromatic heterocycles. The van der Waals surface area contributed by atoms with Crippen molar-refractivity contribution >= 4 is 11.9 Å². The van der Waals surface area contributed by atoms with Crippen LogP contribution >= 0.6 is 0 Å². The molecule has 0 spiro atoms. The van der Waals surface area contributed by atoms with Crippen LogP contribution in [0, 0.1) is 5.92 Å². The van der Waals surface area contributed by atoms with E-state index in [1.54, 1.807) is 0 Å². The molecule has 0 aromatic carbocycles. The normalized spacial score (nSPS) is 37.0. The summed E-state index contributed by atoms with van der Waals surface area (Å²) in [5.41, 5.74) is 0. The zero-order valence-corrected chi connectivity index (χ0v) is 7.58. The molecule has 0 aromatic rings.